The van der Waals surface area contributed by atoms with Crippen molar-refractivity contribution < 1.29 is 9.90 Å². The molecule has 0 aliphatic carbocycles. The third-order valence-corrected chi connectivity index (χ3v) is 3.50. The van der Waals surface area contributed by atoms with E-state index < -0.39 is 12.0 Å². The molecule has 0 aliphatic heterocycles. The van der Waals surface area contributed by atoms with E-state index in [4.69, 9.17) is 0 Å². The fourth-order valence-corrected chi connectivity index (χ4v) is 2.53. The molecule has 3 aromatic rings. The van der Waals surface area contributed by atoms with Gasteiger partial charge in [0, 0.05) is 18.0 Å². The van der Waals surface area contributed by atoms with E-state index in [-0.39, 0.29) is 0 Å². The first-order valence-electron chi connectivity index (χ1n) is 6.82. The highest BCUT2D eigenvalue weighted by Gasteiger charge is 2.24. The van der Waals surface area contributed by atoms with E-state index in [9.17, 15) is 9.90 Å². The van der Waals surface area contributed by atoms with Crippen molar-refractivity contribution >= 4 is 17.0 Å². The molecule has 0 radical (unpaired) electrons. The van der Waals surface area contributed by atoms with Gasteiger partial charge in [-0.15, -0.1) is 0 Å². The molecule has 0 bridgehead atoms. The summed E-state index contributed by atoms with van der Waals surface area (Å²) in [5.74, 6) is -0.218. The maximum Gasteiger partial charge on any atom is 0.326 e. The summed E-state index contributed by atoms with van der Waals surface area (Å²) in [6.45, 7) is 1.86. The van der Waals surface area contributed by atoms with Crippen molar-refractivity contribution in [3.05, 3.63) is 48.8 Å². The summed E-state index contributed by atoms with van der Waals surface area (Å²) in [5, 5.41) is 9.51. The van der Waals surface area contributed by atoms with Crippen molar-refractivity contribution in [2.24, 2.45) is 0 Å². The Bertz CT molecular complexity index is 781. The van der Waals surface area contributed by atoms with Gasteiger partial charge in [0.15, 0.2) is 0 Å². The zero-order valence-corrected chi connectivity index (χ0v) is 11.6. The van der Waals surface area contributed by atoms with E-state index in [0.29, 0.717) is 12.2 Å². The van der Waals surface area contributed by atoms with Gasteiger partial charge in [-0.3, -0.25) is 4.98 Å². The Balaban J connectivity index is 2.31. The lowest BCUT2D eigenvalue weighted by molar-refractivity contribution is -0.140. The second kappa shape index (κ2) is 5.36. The molecular formula is C16H15N3O2. The number of para-hydroxylation sites is 2. The van der Waals surface area contributed by atoms with Crippen molar-refractivity contribution in [2.45, 2.75) is 19.4 Å². The van der Waals surface area contributed by atoms with Gasteiger partial charge in [-0.1, -0.05) is 19.1 Å². The molecule has 1 aromatic carbocycles. The van der Waals surface area contributed by atoms with E-state index in [0.717, 1.165) is 16.6 Å². The van der Waals surface area contributed by atoms with Crippen LogP contribution < -0.4 is 0 Å². The highest BCUT2D eigenvalue weighted by molar-refractivity contribution is 5.84. The van der Waals surface area contributed by atoms with Gasteiger partial charge < -0.3 is 9.67 Å². The summed E-state index contributed by atoms with van der Waals surface area (Å²) in [7, 11) is 0. The summed E-state index contributed by atoms with van der Waals surface area (Å²) in [4.78, 5) is 20.3. The van der Waals surface area contributed by atoms with Gasteiger partial charge in [-0.05, 0) is 30.7 Å². The Labute approximate surface area is 121 Å². The average molecular weight is 281 g/mol. The van der Waals surface area contributed by atoms with Gasteiger partial charge in [0.05, 0.1) is 11.0 Å². The van der Waals surface area contributed by atoms with Crippen molar-refractivity contribution in [1.82, 2.24) is 14.5 Å². The van der Waals surface area contributed by atoms with Gasteiger partial charge in [-0.25, -0.2) is 9.78 Å². The molecule has 0 saturated carbocycles. The number of pyridine rings is 1. The molecule has 5 heteroatoms. The molecule has 106 valence electrons. The Morgan fingerprint density at radius 2 is 2.10 bits per heavy atom. The SMILES string of the molecule is CCC(C(=O)O)n1c(-c2cccnc2)nc2ccccc21. The fourth-order valence-electron chi connectivity index (χ4n) is 2.53. The normalized spacial score (nSPS) is 12.4. The number of rotatable bonds is 4. The summed E-state index contributed by atoms with van der Waals surface area (Å²) in [6.07, 6.45) is 3.88. The minimum absolute atomic E-state index is 0.489. The number of fused-ring (bicyclic) bond motifs is 1. The largest absolute Gasteiger partial charge is 0.480 e. The first kappa shape index (κ1) is 13.3. The quantitative estimate of drug-likeness (QED) is 0.797. The number of carbonyl (C=O) groups is 1. The molecule has 2 aromatic heterocycles. The number of carboxylic acid groups (broad SMARTS) is 1. The molecule has 1 N–H and O–H groups in total. The highest BCUT2D eigenvalue weighted by atomic mass is 16.4. The van der Waals surface area contributed by atoms with Crippen molar-refractivity contribution in [1.29, 1.82) is 0 Å². The molecule has 0 saturated heterocycles. The minimum atomic E-state index is -0.856. The molecule has 2 heterocycles. The summed E-state index contributed by atoms with van der Waals surface area (Å²) >= 11 is 0. The second-order valence-corrected chi connectivity index (χ2v) is 4.80. The molecule has 3 rings (SSSR count). The molecule has 0 amide bonds. The molecule has 1 atom stereocenters. The van der Waals surface area contributed by atoms with Crippen LogP contribution in [0.3, 0.4) is 0 Å². The summed E-state index contributed by atoms with van der Waals surface area (Å²) < 4.78 is 1.79. The lowest BCUT2D eigenvalue weighted by Gasteiger charge is -2.16. The smallest absolute Gasteiger partial charge is 0.326 e. The van der Waals surface area contributed by atoms with Crippen LogP contribution in [0.1, 0.15) is 19.4 Å². The number of hydrogen-bond acceptors (Lipinski definition) is 3. The number of aromatic nitrogens is 3. The Morgan fingerprint density at radius 3 is 2.76 bits per heavy atom. The Hall–Kier alpha value is -2.69. The first-order chi connectivity index (χ1) is 10.2. The van der Waals surface area contributed by atoms with Crippen molar-refractivity contribution in [2.75, 3.05) is 0 Å². The number of imidazole rings is 1. The van der Waals surface area contributed by atoms with E-state index in [1.807, 2.05) is 43.3 Å². The fraction of sp³-hybridized carbons (Fsp3) is 0.188. The number of benzene rings is 1. The zero-order chi connectivity index (χ0) is 14.8. The van der Waals surface area contributed by atoms with Crippen LogP contribution in [0.15, 0.2) is 48.8 Å². The van der Waals surface area contributed by atoms with E-state index in [1.165, 1.54) is 0 Å². The van der Waals surface area contributed by atoms with Gasteiger partial charge in [-0.2, -0.15) is 0 Å². The van der Waals surface area contributed by atoms with E-state index >= 15 is 0 Å². The molecule has 21 heavy (non-hydrogen) atoms. The van der Waals surface area contributed by atoms with Crippen LogP contribution in [-0.4, -0.2) is 25.6 Å². The standard InChI is InChI=1S/C16H15N3O2/c1-2-13(16(20)21)19-14-8-4-3-7-12(14)18-15(19)11-6-5-9-17-10-11/h3-10,13H,2H2,1H3,(H,20,21). The first-order valence-corrected chi connectivity index (χ1v) is 6.82. The maximum atomic E-state index is 11.6. The number of carboxylic acids is 1. The highest BCUT2D eigenvalue weighted by Crippen LogP contribution is 2.29. The van der Waals surface area contributed by atoms with Crippen LogP contribution in [-0.2, 0) is 4.79 Å². The maximum absolute atomic E-state index is 11.6. The van der Waals surface area contributed by atoms with Crippen LogP contribution >= 0.6 is 0 Å². The second-order valence-electron chi connectivity index (χ2n) is 4.80. The van der Waals surface area contributed by atoms with Gasteiger partial charge in [0.1, 0.15) is 11.9 Å². The lowest BCUT2D eigenvalue weighted by Crippen LogP contribution is -2.19. The third kappa shape index (κ3) is 2.27. The molecule has 0 aliphatic rings. The van der Waals surface area contributed by atoms with Gasteiger partial charge >= 0.3 is 5.97 Å². The minimum Gasteiger partial charge on any atom is -0.480 e. The van der Waals surface area contributed by atoms with Crippen LogP contribution in [0, 0.1) is 0 Å². The number of aliphatic carboxylic acids is 1. The zero-order valence-electron chi connectivity index (χ0n) is 11.6. The van der Waals surface area contributed by atoms with Gasteiger partial charge in [0.2, 0.25) is 0 Å². The van der Waals surface area contributed by atoms with E-state index in [2.05, 4.69) is 9.97 Å². The summed E-state index contributed by atoms with van der Waals surface area (Å²) in [5.41, 5.74) is 2.43. The summed E-state index contributed by atoms with van der Waals surface area (Å²) in [6, 6.07) is 10.6. The van der Waals surface area contributed by atoms with E-state index in [1.54, 1.807) is 17.0 Å². The predicted molar refractivity (Wildman–Crippen MR) is 79.9 cm³/mol. The monoisotopic (exact) mass is 281 g/mol. The topological polar surface area (TPSA) is 68.0 Å². The van der Waals surface area contributed by atoms with Crippen molar-refractivity contribution in [3.63, 3.8) is 0 Å². The van der Waals surface area contributed by atoms with Crippen LogP contribution in [0.2, 0.25) is 0 Å². The lowest BCUT2D eigenvalue weighted by atomic mass is 10.2. The molecule has 0 fully saturated rings. The molecular weight excluding hydrogens is 266 g/mol. The predicted octanol–water partition coefficient (Wildman–Crippen LogP) is 3.13. The van der Waals surface area contributed by atoms with Crippen LogP contribution in [0.4, 0.5) is 0 Å². The average Bonchev–Trinajstić information content (AvgIpc) is 2.88. The molecule has 0 spiro atoms. The third-order valence-electron chi connectivity index (χ3n) is 3.50. The molecule has 5 nitrogen and oxygen atoms in total. The van der Waals surface area contributed by atoms with Crippen LogP contribution in [0.25, 0.3) is 22.4 Å². The Morgan fingerprint density at radius 1 is 1.29 bits per heavy atom. The molecule has 1 unspecified atom stereocenters. The van der Waals surface area contributed by atoms with Crippen molar-refractivity contribution in [3.8, 4) is 11.4 Å². The number of hydrogen-bond donors (Lipinski definition) is 1. The van der Waals surface area contributed by atoms with Crippen LogP contribution in [0.5, 0.6) is 0 Å². The Kier molecular flexibility index (Phi) is 3.39. The number of nitrogens with zero attached hydrogens (tertiary/aromatic N) is 3. The van der Waals surface area contributed by atoms with Gasteiger partial charge in [0.25, 0.3) is 0 Å².